The van der Waals surface area contributed by atoms with Crippen LogP contribution < -0.4 is 4.98 Å². The Morgan fingerprint density at radius 2 is 1.14 bits per heavy atom. The van der Waals surface area contributed by atoms with Crippen molar-refractivity contribution in [3.8, 4) is 46.1 Å². The van der Waals surface area contributed by atoms with E-state index in [0.717, 1.165) is 32.8 Å². The Morgan fingerprint density at radius 3 is 1.80 bits per heavy atom. The van der Waals surface area contributed by atoms with Gasteiger partial charge in [0.1, 0.15) is 45.7 Å². The van der Waals surface area contributed by atoms with Crippen molar-refractivity contribution in [2.75, 3.05) is 0 Å². The predicted octanol–water partition coefficient (Wildman–Crippen LogP) is 4.70. The zero-order valence-corrected chi connectivity index (χ0v) is 24.4. The van der Waals surface area contributed by atoms with Gasteiger partial charge in [0.15, 0.2) is 11.6 Å². The van der Waals surface area contributed by atoms with Crippen LogP contribution in [0.4, 0.5) is 0 Å². The second kappa shape index (κ2) is 9.49. The average molecular weight is 623 g/mol. The van der Waals surface area contributed by atoms with Gasteiger partial charge in [-0.3, -0.25) is 4.98 Å². The summed E-state index contributed by atoms with van der Waals surface area (Å²) in [6.07, 6.45) is 4.96. The molecule has 2 aromatic carbocycles. The number of aryl methyl sites for hydroxylation is 3. The predicted molar refractivity (Wildman–Crippen MR) is 160 cm³/mol. The van der Waals surface area contributed by atoms with Gasteiger partial charge in [-0.05, 0) is 30.7 Å². The molecule has 0 amide bonds. The molecule has 0 spiro atoms. The van der Waals surface area contributed by atoms with Crippen LogP contribution in [-0.4, -0.2) is 54.4 Å². The van der Waals surface area contributed by atoms with Crippen molar-refractivity contribution in [1.82, 2.24) is 59.4 Å². The third-order valence-corrected chi connectivity index (χ3v) is 7.62. The zero-order valence-electron chi connectivity index (χ0n) is 23.4. The van der Waals surface area contributed by atoms with Gasteiger partial charge < -0.3 is 19.5 Å². The molecule has 0 N–H and O–H groups in total. The topological polar surface area (TPSA) is 148 Å². The quantitative estimate of drug-likeness (QED) is 0.217. The summed E-state index contributed by atoms with van der Waals surface area (Å²) in [4.78, 5) is 52.9. The minimum absolute atomic E-state index is 0. The van der Waals surface area contributed by atoms with Crippen LogP contribution in [0.3, 0.4) is 0 Å². The molecule has 0 unspecified atom stereocenters. The fourth-order valence-electron chi connectivity index (χ4n) is 5.62. The minimum atomic E-state index is 0. The summed E-state index contributed by atoms with van der Waals surface area (Å²) in [7, 11) is 1.92. The Labute approximate surface area is 259 Å². The Kier molecular flexibility index (Phi) is 5.64. The summed E-state index contributed by atoms with van der Waals surface area (Å²) >= 11 is 0. The first-order valence-electron chi connectivity index (χ1n) is 13.6. The molecule has 0 radical (unpaired) electrons. The number of rotatable bonds is 0. The van der Waals surface area contributed by atoms with Gasteiger partial charge in [0.05, 0.1) is 5.69 Å². The standard InChI is InChI=1S/C31H19N12.Cu/c1-14-8-9-18-19(12-14)31-42-27-21-20(32-10-11-33-21)26(39-27)37-24-16-6-4-5-7-17(16)25(36-24)38-29-23-22(34-13-15(2)35-23)28(40-29)41-30(18)43(31)3;/h4-13H,1-3H3;/q-1;+1. The molecule has 5 aromatic heterocycles. The van der Waals surface area contributed by atoms with E-state index in [1.807, 2.05) is 55.8 Å². The third kappa shape index (κ3) is 3.76. The number of aromatic nitrogens is 12. The Balaban J connectivity index is 0.00000289. The van der Waals surface area contributed by atoms with Crippen LogP contribution in [0.5, 0.6) is 0 Å². The van der Waals surface area contributed by atoms with Crippen molar-refractivity contribution in [3.63, 3.8) is 0 Å². The minimum Gasteiger partial charge on any atom is -0.357 e. The summed E-state index contributed by atoms with van der Waals surface area (Å²) < 4.78 is 1.93. The number of hydrogen-bond acceptors (Lipinski definition) is 10. The second-order valence-electron chi connectivity index (χ2n) is 10.5. The molecule has 2 aliphatic heterocycles. The van der Waals surface area contributed by atoms with Crippen molar-refractivity contribution in [2.24, 2.45) is 7.05 Å². The van der Waals surface area contributed by atoms with Crippen molar-refractivity contribution in [2.45, 2.75) is 13.8 Å². The molecule has 214 valence electrons. The number of fused-ring (bicyclic) bond motifs is 20. The summed E-state index contributed by atoms with van der Waals surface area (Å²) in [5.74, 6) is 1.58. The smallest absolute Gasteiger partial charge is 0.357 e. The van der Waals surface area contributed by atoms with Gasteiger partial charge in [0.2, 0.25) is 0 Å². The maximum Gasteiger partial charge on any atom is 1.00 e. The molecular formula is C31H19CuN12. The second-order valence-corrected chi connectivity index (χ2v) is 10.5. The molecule has 7 heterocycles. The van der Waals surface area contributed by atoms with E-state index >= 15 is 0 Å². The van der Waals surface area contributed by atoms with Crippen LogP contribution in [0, 0.1) is 13.8 Å². The van der Waals surface area contributed by atoms with E-state index in [1.54, 1.807) is 18.6 Å². The molecule has 0 fully saturated rings. The molecule has 0 aliphatic carbocycles. The molecule has 0 atom stereocenters. The largest absolute Gasteiger partial charge is 1.00 e. The Morgan fingerprint density at radius 1 is 0.568 bits per heavy atom. The van der Waals surface area contributed by atoms with Crippen LogP contribution in [0.25, 0.3) is 90.2 Å². The molecule has 44 heavy (non-hydrogen) atoms. The molecule has 0 saturated heterocycles. The Bertz CT molecular complexity index is 2520. The van der Waals surface area contributed by atoms with Crippen molar-refractivity contribution in [1.29, 1.82) is 0 Å². The van der Waals surface area contributed by atoms with Crippen molar-refractivity contribution in [3.05, 3.63) is 72.3 Å². The number of benzene rings is 2. The molecule has 9 rings (SSSR count). The van der Waals surface area contributed by atoms with E-state index in [0.29, 0.717) is 68.7 Å². The van der Waals surface area contributed by atoms with Gasteiger partial charge in [0, 0.05) is 47.7 Å². The first kappa shape index (κ1) is 26.1. The van der Waals surface area contributed by atoms with E-state index < -0.39 is 0 Å². The van der Waals surface area contributed by atoms with E-state index in [1.165, 1.54) is 0 Å². The van der Waals surface area contributed by atoms with E-state index in [-0.39, 0.29) is 17.1 Å². The van der Waals surface area contributed by atoms with Crippen molar-refractivity contribution < 1.29 is 17.1 Å². The fraction of sp³-hybridized carbons (Fsp3) is 0.0968. The molecular weight excluding hydrogens is 604 g/mol. The van der Waals surface area contributed by atoms with E-state index in [9.17, 15) is 0 Å². The van der Waals surface area contributed by atoms with Gasteiger partial charge in [-0.1, -0.05) is 42.0 Å². The summed E-state index contributed by atoms with van der Waals surface area (Å²) in [5, 5.41) is 3.46. The SMILES string of the molecule is Cc1ccc2c(c1)c1nc3nc(nc4[n-]c(nc5nc(nc2n1C)-c1ncc(C)nc1-5)c1ccccc41)-c1nccnc1-3.[Cu+]. The number of hydrogen-bond donors (Lipinski definition) is 0. The maximum absolute atomic E-state index is 5.05. The first-order chi connectivity index (χ1) is 21.0. The maximum atomic E-state index is 5.05. The normalized spacial score (nSPS) is 11.8. The van der Waals surface area contributed by atoms with Crippen LogP contribution in [0.15, 0.2) is 61.1 Å². The van der Waals surface area contributed by atoms with Gasteiger partial charge in [-0.15, -0.1) is 0 Å². The molecule has 12 nitrogen and oxygen atoms in total. The monoisotopic (exact) mass is 622 g/mol. The van der Waals surface area contributed by atoms with E-state index in [2.05, 4.69) is 27.1 Å². The van der Waals surface area contributed by atoms with Crippen LogP contribution in [-0.2, 0) is 24.1 Å². The molecule has 0 saturated carbocycles. The molecule has 8 bridgehead atoms. The van der Waals surface area contributed by atoms with E-state index in [4.69, 9.17) is 39.9 Å². The van der Waals surface area contributed by atoms with Gasteiger partial charge in [0.25, 0.3) is 0 Å². The van der Waals surface area contributed by atoms with Crippen LogP contribution >= 0.6 is 0 Å². The summed E-state index contributed by atoms with van der Waals surface area (Å²) in [5.41, 5.74) is 6.29. The Hall–Kier alpha value is -5.52. The fourth-order valence-corrected chi connectivity index (χ4v) is 5.62. The number of nitrogens with zero attached hydrogens (tertiary/aromatic N) is 12. The summed E-state index contributed by atoms with van der Waals surface area (Å²) in [6, 6.07) is 14.0. The van der Waals surface area contributed by atoms with Crippen molar-refractivity contribution >= 4 is 44.1 Å². The van der Waals surface area contributed by atoms with Gasteiger partial charge in [-0.25, -0.2) is 34.9 Å². The molecule has 2 aliphatic rings. The third-order valence-electron chi connectivity index (χ3n) is 7.62. The van der Waals surface area contributed by atoms with Gasteiger partial charge in [-0.2, -0.15) is 0 Å². The zero-order chi connectivity index (χ0) is 28.8. The van der Waals surface area contributed by atoms with Crippen LogP contribution in [0.2, 0.25) is 0 Å². The molecule has 13 heteroatoms. The van der Waals surface area contributed by atoms with Crippen LogP contribution in [0.1, 0.15) is 11.3 Å². The first-order valence-corrected chi connectivity index (χ1v) is 13.6. The molecule has 7 aromatic rings. The summed E-state index contributed by atoms with van der Waals surface area (Å²) in [6.45, 7) is 3.93. The van der Waals surface area contributed by atoms with Gasteiger partial charge >= 0.3 is 17.1 Å². The average Bonchev–Trinajstić information content (AvgIpc) is 3.72.